The van der Waals surface area contributed by atoms with Crippen molar-refractivity contribution in [2.24, 2.45) is 0 Å². The topological polar surface area (TPSA) is 222 Å². The molecule has 0 bridgehead atoms. The van der Waals surface area contributed by atoms with Gasteiger partial charge in [0.1, 0.15) is 5.75 Å². The van der Waals surface area contributed by atoms with Crippen molar-refractivity contribution in [3.63, 3.8) is 0 Å². The number of sulfone groups is 1. The number of hydrogen-bond acceptors (Lipinski definition) is 13. The number of rotatable bonds is 17. The number of methoxy groups -OCH3 is 4. The maximum Gasteiger partial charge on any atom is 0.328 e. The van der Waals surface area contributed by atoms with Gasteiger partial charge in [0.05, 0.1) is 45.4 Å². The number of hydrogen-bond donors (Lipinski definition) is 3. The van der Waals surface area contributed by atoms with Crippen molar-refractivity contribution in [2.45, 2.75) is 31.6 Å². The first-order chi connectivity index (χ1) is 28.5. The van der Waals surface area contributed by atoms with Crippen LogP contribution in [-0.2, 0) is 29.0 Å². The Morgan fingerprint density at radius 2 is 1.30 bits per heavy atom. The van der Waals surface area contributed by atoms with Gasteiger partial charge in [-0.1, -0.05) is 13.8 Å². The largest absolute Gasteiger partial charge is 0.496 e. The fourth-order valence-corrected chi connectivity index (χ4v) is 6.70. The zero-order valence-electron chi connectivity index (χ0n) is 35.9. The van der Waals surface area contributed by atoms with Crippen LogP contribution in [0.4, 0.5) is 0 Å². The fourth-order valence-electron chi connectivity index (χ4n) is 6.06. The van der Waals surface area contributed by atoms with Crippen LogP contribution in [0.2, 0.25) is 0 Å². The summed E-state index contributed by atoms with van der Waals surface area (Å²) in [6.07, 6.45) is 7.74. The number of carboxylic acids is 2. The van der Waals surface area contributed by atoms with Crippen LogP contribution in [0.15, 0.2) is 53.5 Å². The van der Waals surface area contributed by atoms with E-state index in [1.54, 1.807) is 45.6 Å². The number of likely N-dealkylation sites (N-methyl/N-ethyl adjacent to an activating group) is 1. The van der Waals surface area contributed by atoms with E-state index in [-0.39, 0.29) is 40.6 Å². The molecular formula is C41H60ClN5O13S. The van der Waals surface area contributed by atoms with Crippen LogP contribution in [0.5, 0.6) is 23.0 Å². The molecule has 20 heteroatoms. The first kappa shape index (κ1) is 53.6. The van der Waals surface area contributed by atoms with Crippen molar-refractivity contribution >= 4 is 58.0 Å². The van der Waals surface area contributed by atoms with E-state index in [4.69, 9.17) is 29.2 Å². The number of nitrogens with one attached hydrogen (secondary N) is 1. The van der Waals surface area contributed by atoms with Gasteiger partial charge in [-0.05, 0) is 67.9 Å². The lowest BCUT2D eigenvalue weighted by Crippen LogP contribution is -2.51. The Kier molecular flexibility index (Phi) is 24.2. The third kappa shape index (κ3) is 18.4. The van der Waals surface area contributed by atoms with Gasteiger partial charge in [0.2, 0.25) is 17.6 Å². The lowest BCUT2D eigenvalue weighted by molar-refractivity contribution is -0.134. The van der Waals surface area contributed by atoms with Crippen molar-refractivity contribution in [1.82, 2.24) is 24.9 Å². The van der Waals surface area contributed by atoms with E-state index < -0.39 is 21.8 Å². The summed E-state index contributed by atoms with van der Waals surface area (Å²) < 4.78 is 44.4. The molecule has 0 aromatic heterocycles. The molecule has 340 valence electrons. The van der Waals surface area contributed by atoms with E-state index in [0.717, 1.165) is 57.4 Å². The molecule has 3 amide bonds. The molecule has 2 aliphatic heterocycles. The lowest BCUT2D eigenvalue weighted by atomic mass is 10.1. The zero-order valence-corrected chi connectivity index (χ0v) is 37.5. The Bertz CT molecular complexity index is 1890. The van der Waals surface area contributed by atoms with Crippen LogP contribution >= 0.6 is 12.4 Å². The summed E-state index contributed by atoms with van der Waals surface area (Å²) >= 11 is 0. The number of piperazine rings is 1. The van der Waals surface area contributed by atoms with Gasteiger partial charge in [0, 0.05) is 76.8 Å². The monoisotopic (exact) mass is 897 g/mol. The predicted octanol–water partition coefficient (Wildman–Crippen LogP) is 2.80. The maximum atomic E-state index is 12.6. The lowest BCUT2D eigenvalue weighted by Gasteiger charge is -2.34. The third-order valence-corrected chi connectivity index (χ3v) is 10.5. The van der Waals surface area contributed by atoms with Gasteiger partial charge in [0.25, 0.3) is 5.91 Å². The second-order valence-corrected chi connectivity index (χ2v) is 15.4. The summed E-state index contributed by atoms with van der Waals surface area (Å²) in [6, 6.07) is 7.87. The molecule has 2 aliphatic rings. The smallest absolute Gasteiger partial charge is 0.328 e. The summed E-state index contributed by atoms with van der Waals surface area (Å²) in [4.78, 5) is 64.4. The van der Waals surface area contributed by atoms with Crippen molar-refractivity contribution in [2.75, 3.05) is 107 Å². The molecule has 0 saturated carbocycles. The number of nitrogens with zero attached hydrogens (tertiary/aromatic N) is 4. The normalized spacial score (nSPS) is 14.0. The summed E-state index contributed by atoms with van der Waals surface area (Å²) in [5.74, 6) is -0.741. The molecule has 0 atom stereocenters. The highest BCUT2D eigenvalue weighted by atomic mass is 35.5. The predicted molar refractivity (Wildman–Crippen MR) is 232 cm³/mol. The minimum absolute atomic E-state index is 0. The highest BCUT2D eigenvalue weighted by molar-refractivity contribution is 7.90. The molecule has 0 radical (unpaired) electrons. The molecule has 61 heavy (non-hydrogen) atoms. The van der Waals surface area contributed by atoms with Gasteiger partial charge >= 0.3 is 11.9 Å². The van der Waals surface area contributed by atoms with E-state index in [1.165, 1.54) is 25.3 Å². The number of carboxylic acid groups (broad SMARTS) is 2. The van der Waals surface area contributed by atoms with Crippen LogP contribution in [0.1, 0.15) is 42.6 Å². The van der Waals surface area contributed by atoms with E-state index >= 15 is 0 Å². The number of ether oxygens (including phenoxy) is 4. The number of amides is 3. The standard InChI is InChI=1S/C22H31N3O5.C15H24N2O4S.C4H4O4.ClH/c1-28-18-14-17(15-19(29-2)22(18)30-3)6-7-20(26)25-12-10-23(11-13-25)16-21(27)24-8-4-5-9-24;1-5-17(6-2)10-9-16-15(18)13-11-12(22(4,19)20)7-8-14(13)21-3;5-3(6)1-2-4(7)8;/h6-7,14-15H,4-5,8-13,16H2,1-3H3;7-8,11H,5-6,9-10H2,1-4H3,(H,16,18);1-2H,(H,5,6)(H,7,8);1H/b7-6+;;2-1-;. The molecule has 2 aromatic rings. The van der Waals surface area contributed by atoms with Crippen molar-refractivity contribution < 1.29 is 61.6 Å². The molecule has 2 saturated heterocycles. The van der Waals surface area contributed by atoms with Gasteiger partial charge in [-0.15, -0.1) is 12.4 Å². The summed E-state index contributed by atoms with van der Waals surface area (Å²) in [5, 5.41) is 18.4. The molecule has 18 nitrogen and oxygen atoms in total. The van der Waals surface area contributed by atoms with Crippen molar-refractivity contribution in [1.29, 1.82) is 0 Å². The Hall–Kier alpha value is -5.37. The summed E-state index contributed by atoms with van der Waals surface area (Å²) in [7, 11) is 2.75. The Labute approximate surface area is 364 Å². The minimum Gasteiger partial charge on any atom is -0.496 e. The number of benzene rings is 2. The Morgan fingerprint density at radius 1 is 0.754 bits per heavy atom. The van der Waals surface area contributed by atoms with Crippen molar-refractivity contribution in [3.05, 3.63) is 59.7 Å². The van der Waals surface area contributed by atoms with Gasteiger partial charge in [-0.2, -0.15) is 0 Å². The summed E-state index contributed by atoms with van der Waals surface area (Å²) in [5.41, 5.74) is 1.01. The molecule has 2 aromatic carbocycles. The first-order valence-electron chi connectivity index (χ1n) is 19.3. The molecule has 0 unspecified atom stereocenters. The van der Waals surface area contributed by atoms with Crippen LogP contribution < -0.4 is 24.3 Å². The Morgan fingerprint density at radius 3 is 1.75 bits per heavy atom. The molecule has 2 heterocycles. The van der Waals surface area contributed by atoms with Gasteiger partial charge in [-0.3, -0.25) is 19.3 Å². The molecule has 3 N–H and O–H groups in total. The fraction of sp³-hybridized carbons (Fsp3) is 0.488. The van der Waals surface area contributed by atoms with Gasteiger partial charge < -0.3 is 49.2 Å². The molecule has 4 rings (SSSR count). The van der Waals surface area contributed by atoms with Crippen LogP contribution in [0.3, 0.4) is 0 Å². The molecule has 0 spiro atoms. The second-order valence-electron chi connectivity index (χ2n) is 13.4. The van der Waals surface area contributed by atoms with E-state index in [2.05, 4.69) is 29.0 Å². The van der Waals surface area contributed by atoms with Crippen molar-refractivity contribution in [3.8, 4) is 23.0 Å². The molecule has 0 aliphatic carbocycles. The first-order valence-corrected chi connectivity index (χ1v) is 21.2. The number of halogens is 1. The second kappa shape index (κ2) is 27.5. The molecule has 2 fully saturated rings. The third-order valence-electron chi connectivity index (χ3n) is 9.43. The maximum absolute atomic E-state index is 12.6. The van der Waals surface area contributed by atoms with Crippen LogP contribution in [0, 0.1) is 0 Å². The average Bonchev–Trinajstić information content (AvgIpc) is 3.79. The quantitative estimate of drug-likeness (QED) is 0.194. The van der Waals surface area contributed by atoms with Crippen LogP contribution in [0.25, 0.3) is 6.08 Å². The van der Waals surface area contributed by atoms with E-state index in [0.29, 0.717) is 74.4 Å². The number of carbonyl (C=O) groups is 5. The van der Waals surface area contributed by atoms with E-state index in [1.807, 2.05) is 9.80 Å². The number of likely N-dealkylation sites (tertiary alicyclic amines) is 1. The average molecular weight is 898 g/mol. The number of aliphatic carboxylic acids is 2. The van der Waals surface area contributed by atoms with Crippen LogP contribution in [-0.4, -0.2) is 175 Å². The summed E-state index contributed by atoms with van der Waals surface area (Å²) in [6.45, 7) is 12.0. The van der Waals surface area contributed by atoms with Gasteiger partial charge in [-0.25, -0.2) is 18.0 Å². The highest BCUT2D eigenvalue weighted by Crippen LogP contribution is 2.38. The van der Waals surface area contributed by atoms with E-state index in [9.17, 15) is 32.4 Å². The minimum atomic E-state index is -3.37. The SMILES string of the molecule is CCN(CC)CCNC(=O)c1cc(S(C)(=O)=O)ccc1OC.COc1cc(/C=C/C(=O)N2CCN(CC(=O)N3CCCC3)CC2)cc(OC)c1OC.Cl.O=C(O)/C=C\C(=O)O. The number of carbonyl (C=O) groups excluding carboxylic acids is 3. The zero-order chi connectivity index (χ0) is 44.8. The Balaban J connectivity index is 0.000000527. The van der Waals surface area contributed by atoms with Gasteiger partial charge in [0.15, 0.2) is 21.3 Å². The molecular weight excluding hydrogens is 838 g/mol. The highest BCUT2D eigenvalue weighted by Gasteiger charge is 2.25.